The van der Waals surface area contributed by atoms with Gasteiger partial charge in [0.25, 0.3) is 5.91 Å². The lowest BCUT2D eigenvalue weighted by molar-refractivity contribution is 0.0949. The molecule has 0 radical (unpaired) electrons. The molecule has 5 nitrogen and oxygen atoms in total. The predicted molar refractivity (Wildman–Crippen MR) is 95.5 cm³/mol. The van der Waals surface area contributed by atoms with Gasteiger partial charge >= 0.3 is 0 Å². The Bertz CT molecular complexity index is 733. The average Bonchev–Trinajstić information content (AvgIpc) is 2.91. The maximum Gasteiger partial charge on any atom is 0.255 e. The first-order valence-electron chi connectivity index (χ1n) is 8.87. The molecule has 134 valence electrons. The molecule has 0 spiro atoms. The molecule has 1 aliphatic heterocycles. The van der Waals surface area contributed by atoms with Gasteiger partial charge in [0.2, 0.25) is 0 Å². The first-order chi connectivity index (χ1) is 12.1. The largest absolute Gasteiger partial charge is 0.352 e. The zero-order chi connectivity index (χ0) is 17.8. The van der Waals surface area contributed by atoms with E-state index in [0.29, 0.717) is 23.7 Å². The summed E-state index contributed by atoms with van der Waals surface area (Å²) in [6, 6.07) is 6.10. The molecule has 0 bridgehead atoms. The monoisotopic (exact) mass is 344 g/mol. The normalized spacial score (nSPS) is 17.5. The molecule has 1 fully saturated rings. The molecule has 0 saturated carbocycles. The van der Waals surface area contributed by atoms with Gasteiger partial charge in [0.05, 0.1) is 22.6 Å². The minimum absolute atomic E-state index is 0.0906. The van der Waals surface area contributed by atoms with Crippen LogP contribution < -0.4 is 10.6 Å². The van der Waals surface area contributed by atoms with Gasteiger partial charge < -0.3 is 10.6 Å². The first-order valence-corrected chi connectivity index (χ1v) is 8.87. The van der Waals surface area contributed by atoms with Crippen molar-refractivity contribution >= 4 is 5.91 Å². The number of piperidine rings is 1. The van der Waals surface area contributed by atoms with Crippen LogP contribution in [-0.4, -0.2) is 35.3 Å². The third kappa shape index (κ3) is 4.07. The van der Waals surface area contributed by atoms with Gasteiger partial charge in [0, 0.05) is 6.54 Å². The summed E-state index contributed by atoms with van der Waals surface area (Å²) in [5.74, 6) is 0.255. The minimum atomic E-state index is -0.291. The van der Waals surface area contributed by atoms with Crippen LogP contribution in [-0.2, 0) is 0 Å². The van der Waals surface area contributed by atoms with E-state index in [-0.39, 0.29) is 11.7 Å². The molecule has 2 N–H and O–H groups in total. The number of nitrogens with one attached hydrogen (secondary N) is 2. The maximum absolute atomic E-state index is 13.1. The summed E-state index contributed by atoms with van der Waals surface area (Å²) in [7, 11) is 0. The Hall–Kier alpha value is -2.21. The molecule has 1 aromatic heterocycles. The van der Waals surface area contributed by atoms with Crippen LogP contribution in [0.1, 0.15) is 41.0 Å². The number of aryl methyl sites for hydroxylation is 1. The topological polar surface area (TPSA) is 59.0 Å². The van der Waals surface area contributed by atoms with E-state index < -0.39 is 0 Å². The van der Waals surface area contributed by atoms with Crippen LogP contribution in [0.25, 0.3) is 5.69 Å². The Morgan fingerprint density at radius 1 is 1.36 bits per heavy atom. The van der Waals surface area contributed by atoms with Gasteiger partial charge in [-0.25, -0.2) is 9.07 Å². The van der Waals surface area contributed by atoms with Gasteiger partial charge in [0.15, 0.2) is 0 Å². The van der Waals surface area contributed by atoms with Gasteiger partial charge in [-0.05, 0) is 76.4 Å². The Labute approximate surface area is 147 Å². The number of carbonyl (C=O) groups excluding carboxylic acids is 1. The molecular formula is C19H25FN4O. The van der Waals surface area contributed by atoms with E-state index in [1.807, 2.05) is 13.8 Å². The fourth-order valence-electron chi connectivity index (χ4n) is 3.45. The van der Waals surface area contributed by atoms with Gasteiger partial charge in [-0.2, -0.15) is 5.10 Å². The fraction of sp³-hybridized carbons (Fsp3) is 0.474. The maximum atomic E-state index is 13.1. The third-order valence-electron chi connectivity index (χ3n) is 4.83. The number of hydrogen-bond acceptors (Lipinski definition) is 3. The molecule has 25 heavy (non-hydrogen) atoms. The van der Waals surface area contributed by atoms with E-state index in [0.717, 1.165) is 30.9 Å². The van der Waals surface area contributed by atoms with Crippen molar-refractivity contribution in [1.82, 2.24) is 20.4 Å². The highest BCUT2D eigenvalue weighted by Gasteiger charge is 2.20. The Kier molecular flexibility index (Phi) is 5.48. The quantitative estimate of drug-likeness (QED) is 0.877. The summed E-state index contributed by atoms with van der Waals surface area (Å²) in [4.78, 5) is 12.6. The summed E-state index contributed by atoms with van der Waals surface area (Å²) in [6.07, 6.45) is 3.42. The van der Waals surface area contributed by atoms with Crippen LogP contribution >= 0.6 is 0 Å². The van der Waals surface area contributed by atoms with E-state index in [9.17, 15) is 9.18 Å². The molecule has 2 aromatic rings. The van der Waals surface area contributed by atoms with Crippen LogP contribution in [0.15, 0.2) is 24.3 Å². The minimum Gasteiger partial charge on any atom is -0.352 e. The Morgan fingerprint density at radius 2 is 2.12 bits per heavy atom. The lowest BCUT2D eigenvalue weighted by Gasteiger charge is -2.22. The van der Waals surface area contributed by atoms with E-state index >= 15 is 0 Å². The van der Waals surface area contributed by atoms with Crippen molar-refractivity contribution in [2.24, 2.45) is 5.92 Å². The zero-order valence-corrected chi connectivity index (χ0v) is 14.8. The lowest BCUT2D eigenvalue weighted by Crippen LogP contribution is -2.33. The van der Waals surface area contributed by atoms with Crippen molar-refractivity contribution in [3.8, 4) is 5.69 Å². The molecule has 6 heteroatoms. The van der Waals surface area contributed by atoms with E-state index in [2.05, 4.69) is 15.7 Å². The molecule has 1 atom stereocenters. The highest BCUT2D eigenvalue weighted by atomic mass is 19.1. The molecule has 2 heterocycles. The number of carbonyl (C=O) groups is 1. The Balaban J connectivity index is 1.67. The second kappa shape index (κ2) is 7.78. The molecular weight excluding hydrogens is 319 g/mol. The van der Waals surface area contributed by atoms with Crippen LogP contribution in [0.4, 0.5) is 4.39 Å². The second-order valence-corrected chi connectivity index (χ2v) is 6.69. The summed E-state index contributed by atoms with van der Waals surface area (Å²) < 4.78 is 14.8. The van der Waals surface area contributed by atoms with Crippen molar-refractivity contribution in [1.29, 1.82) is 0 Å². The first kappa shape index (κ1) is 17.6. The molecule has 1 amide bonds. The number of halogens is 1. The number of rotatable bonds is 5. The van der Waals surface area contributed by atoms with Crippen molar-refractivity contribution < 1.29 is 9.18 Å². The van der Waals surface area contributed by atoms with E-state index in [4.69, 9.17) is 0 Å². The summed E-state index contributed by atoms with van der Waals surface area (Å²) in [5.41, 5.74) is 2.79. The van der Waals surface area contributed by atoms with Crippen LogP contribution in [0.5, 0.6) is 0 Å². The van der Waals surface area contributed by atoms with Crippen LogP contribution in [0.3, 0.4) is 0 Å². The van der Waals surface area contributed by atoms with Crippen molar-refractivity contribution in [3.05, 3.63) is 47.0 Å². The van der Waals surface area contributed by atoms with Gasteiger partial charge in [-0.3, -0.25) is 4.79 Å². The molecule has 1 aliphatic rings. The van der Waals surface area contributed by atoms with Crippen molar-refractivity contribution in [2.45, 2.75) is 33.1 Å². The highest BCUT2D eigenvalue weighted by molar-refractivity contribution is 5.96. The predicted octanol–water partition coefficient (Wildman–Crippen LogP) is 2.75. The van der Waals surface area contributed by atoms with Crippen molar-refractivity contribution in [3.63, 3.8) is 0 Å². The zero-order valence-electron chi connectivity index (χ0n) is 14.8. The van der Waals surface area contributed by atoms with E-state index in [1.54, 1.807) is 16.8 Å². The fourth-order valence-corrected chi connectivity index (χ4v) is 3.45. The standard InChI is InChI=1S/C19H25FN4O/c1-13-18(19(25)22-11-9-15-4-3-10-21-12-15)14(2)24(23-13)17-7-5-16(20)6-8-17/h5-8,15,21H,3-4,9-12H2,1-2H3,(H,22,25). The molecule has 3 rings (SSSR count). The number of aromatic nitrogens is 2. The lowest BCUT2D eigenvalue weighted by atomic mass is 9.96. The molecule has 1 unspecified atom stereocenters. The second-order valence-electron chi connectivity index (χ2n) is 6.69. The summed E-state index contributed by atoms with van der Waals surface area (Å²) in [5, 5.41) is 10.9. The summed E-state index contributed by atoms with van der Waals surface area (Å²) >= 11 is 0. The third-order valence-corrected chi connectivity index (χ3v) is 4.83. The van der Waals surface area contributed by atoms with Crippen LogP contribution in [0, 0.1) is 25.6 Å². The number of amides is 1. The SMILES string of the molecule is Cc1nn(-c2ccc(F)cc2)c(C)c1C(=O)NCCC1CCCNC1. The smallest absolute Gasteiger partial charge is 0.255 e. The molecule has 0 aliphatic carbocycles. The average molecular weight is 344 g/mol. The number of hydrogen-bond donors (Lipinski definition) is 2. The number of benzene rings is 1. The Morgan fingerprint density at radius 3 is 2.80 bits per heavy atom. The highest BCUT2D eigenvalue weighted by Crippen LogP contribution is 2.19. The van der Waals surface area contributed by atoms with Gasteiger partial charge in [0.1, 0.15) is 5.82 Å². The summed E-state index contributed by atoms with van der Waals surface area (Å²) in [6.45, 7) is 6.50. The molecule has 1 saturated heterocycles. The van der Waals surface area contributed by atoms with Gasteiger partial charge in [-0.15, -0.1) is 0 Å². The number of nitrogens with zero attached hydrogens (tertiary/aromatic N) is 2. The van der Waals surface area contributed by atoms with E-state index in [1.165, 1.54) is 25.0 Å². The molecule has 1 aromatic carbocycles. The van der Waals surface area contributed by atoms with Crippen molar-refractivity contribution in [2.75, 3.05) is 19.6 Å². The van der Waals surface area contributed by atoms with Gasteiger partial charge in [-0.1, -0.05) is 0 Å². The van der Waals surface area contributed by atoms with Crippen LogP contribution in [0.2, 0.25) is 0 Å².